The summed E-state index contributed by atoms with van der Waals surface area (Å²) < 4.78 is 20.2. The summed E-state index contributed by atoms with van der Waals surface area (Å²) in [4.78, 5) is 26.4. The van der Waals surface area contributed by atoms with E-state index in [1.54, 1.807) is 47.4 Å². The van der Waals surface area contributed by atoms with Crippen molar-refractivity contribution in [2.75, 3.05) is 36.1 Å². The Morgan fingerprint density at radius 3 is 2.64 bits per heavy atom. The molecule has 0 saturated carbocycles. The van der Waals surface area contributed by atoms with Crippen LogP contribution >= 0.6 is 0 Å². The second-order valence-electron chi connectivity index (χ2n) is 7.94. The number of hydrogen-bond acceptors (Lipinski definition) is 6. The Hall–Kier alpha value is -3.83. The van der Waals surface area contributed by atoms with Gasteiger partial charge >= 0.3 is 0 Å². The van der Waals surface area contributed by atoms with Crippen LogP contribution in [-0.2, 0) is 4.74 Å². The molecule has 1 aliphatic heterocycles. The number of ether oxygens (including phenoxy) is 1. The molecule has 1 aromatic heterocycles. The van der Waals surface area contributed by atoms with Crippen molar-refractivity contribution in [3.8, 4) is 17.3 Å². The lowest BCUT2D eigenvalue weighted by atomic mass is 10.0. The number of hydrogen-bond donors (Lipinski definition) is 0. The van der Waals surface area contributed by atoms with Gasteiger partial charge in [0.25, 0.3) is 5.91 Å². The topological polar surface area (TPSA) is 82.3 Å². The smallest absolute Gasteiger partial charge is 0.262 e. The van der Waals surface area contributed by atoms with Gasteiger partial charge in [-0.1, -0.05) is 18.2 Å². The van der Waals surface area contributed by atoms with E-state index in [9.17, 15) is 14.4 Å². The largest absolute Gasteiger partial charge is 0.378 e. The van der Waals surface area contributed by atoms with Gasteiger partial charge in [0, 0.05) is 36.6 Å². The summed E-state index contributed by atoms with van der Waals surface area (Å²) in [6.07, 6.45) is 1.46. The van der Waals surface area contributed by atoms with Crippen LogP contribution in [0.15, 0.2) is 54.7 Å². The van der Waals surface area contributed by atoms with Crippen LogP contribution in [0.5, 0.6) is 0 Å². The second kappa shape index (κ2) is 9.76. The summed E-state index contributed by atoms with van der Waals surface area (Å²) >= 11 is 0. The van der Waals surface area contributed by atoms with Crippen molar-refractivity contribution in [3.05, 3.63) is 71.7 Å². The van der Waals surface area contributed by atoms with Crippen molar-refractivity contribution >= 4 is 17.5 Å². The van der Waals surface area contributed by atoms with Crippen molar-refractivity contribution in [3.63, 3.8) is 0 Å². The fraction of sp³-hybridized carbons (Fsp3) is 0.280. The zero-order valence-electron chi connectivity index (χ0n) is 18.5. The van der Waals surface area contributed by atoms with E-state index in [0.29, 0.717) is 43.5 Å². The number of nitriles is 1. The maximum atomic E-state index is 14.8. The maximum absolute atomic E-state index is 14.8. The molecule has 0 atom stereocenters. The van der Waals surface area contributed by atoms with Crippen LogP contribution in [0.3, 0.4) is 0 Å². The third kappa shape index (κ3) is 4.69. The molecule has 0 N–H and O–H groups in total. The van der Waals surface area contributed by atoms with Gasteiger partial charge in [0.15, 0.2) is 0 Å². The van der Waals surface area contributed by atoms with Crippen LogP contribution in [0.1, 0.15) is 29.8 Å². The lowest BCUT2D eigenvalue weighted by Gasteiger charge is -2.29. The van der Waals surface area contributed by atoms with E-state index in [1.165, 1.54) is 12.3 Å². The molecule has 0 spiro atoms. The van der Waals surface area contributed by atoms with E-state index in [0.717, 1.165) is 0 Å². The molecule has 8 heteroatoms. The first kappa shape index (κ1) is 22.4. The molecule has 2 heterocycles. The minimum atomic E-state index is -0.472. The summed E-state index contributed by atoms with van der Waals surface area (Å²) in [5.41, 5.74) is 1.67. The van der Waals surface area contributed by atoms with Crippen LogP contribution in [0, 0.1) is 17.1 Å². The molecule has 0 aliphatic carbocycles. The van der Waals surface area contributed by atoms with Crippen molar-refractivity contribution in [2.24, 2.45) is 0 Å². The second-order valence-corrected chi connectivity index (χ2v) is 7.94. The normalized spacial score (nSPS) is 13.6. The quantitative estimate of drug-likeness (QED) is 0.589. The molecule has 33 heavy (non-hydrogen) atoms. The Bertz CT molecular complexity index is 1200. The van der Waals surface area contributed by atoms with Crippen molar-refractivity contribution < 1.29 is 13.9 Å². The van der Waals surface area contributed by atoms with Crippen LogP contribution < -0.4 is 9.80 Å². The fourth-order valence-corrected chi connectivity index (χ4v) is 3.81. The van der Waals surface area contributed by atoms with Gasteiger partial charge in [0.05, 0.1) is 36.1 Å². The SMILES string of the molecule is CC(C)N(C(=O)c1cnc(N2CCOCC2)nc1-c1ccccc1F)c1cccc(C#N)c1. The van der Waals surface area contributed by atoms with Crippen LogP contribution in [0.25, 0.3) is 11.3 Å². The Labute approximate surface area is 192 Å². The van der Waals surface area contributed by atoms with E-state index in [2.05, 4.69) is 16.0 Å². The molecule has 7 nitrogen and oxygen atoms in total. The Balaban J connectivity index is 1.83. The molecule has 1 fully saturated rings. The Morgan fingerprint density at radius 2 is 1.94 bits per heavy atom. The number of nitrogens with zero attached hydrogens (tertiary/aromatic N) is 5. The molecule has 1 saturated heterocycles. The van der Waals surface area contributed by atoms with E-state index in [4.69, 9.17) is 4.74 Å². The molecule has 2 aromatic carbocycles. The van der Waals surface area contributed by atoms with Crippen LogP contribution in [-0.4, -0.2) is 48.2 Å². The number of carbonyl (C=O) groups excluding carboxylic acids is 1. The highest BCUT2D eigenvalue weighted by atomic mass is 19.1. The standard InChI is InChI=1S/C25H24FN5O2/c1-17(2)31(19-7-5-6-18(14-19)15-27)24(32)21-16-28-25(30-10-12-33-13-11-30)29-23(21)20-8-3-4-9-22(20)26/h3-9,14,16-17H,10-13H2,1-2H3. The van der Waals surface area contributed by atoms with Gasteiger partial charge in [-0.25, -0.2) is 14.4 Å². The summed E-state index contributed by atoms with van der Waals surface area (Å²) in [7, 11) is 0. The molecule has 0 unspecified atom stereocenters. The molecular weight excluding hydrogens is 421 g/mol. The van der Waals surface area contributed by atoms with Gasteiger partial charge in [-0.05, 0) is 44.2 Å². The minimum absolute atomic E-state index is 0.188. The first-order valence-corrected chi connectivity index (χ1v) is 10.8. The number of aromatic nitrogens is 2. The molecular formula is C25H24FN5O2. The lowest BCUT2D eigenvalue weighted by molar-refractivity contribution is 0.0980. The number of carbonyl (C=O) groups is 1. The van der Waals surface area contributed by atoms with Crippen LogP contribution in [0.2, 0.25) is 0 Å². The van der Waals surface area contributed by atoms with E-state index >= 15 is 0 Å². The highest BCUT2D eigenvalue weighted by Crippen LogP contribution is 2.29. The Kier molecular flexibility index (Phi) is 6.61. The number of benzene rings is 2. The summed E-state index contributed by atoms with van der Waals surface area (Å²) in [6.45, 7) is 6.09. The number of morpholine rings is 1. The van der Waals surface area contributed by atoms with Crippen molar-refractivity contribution in [2.45, 2.75) is 19.9 Å². The molecule has 0 bridgehead atoms. The Morgan fingerprint density at radius 1 is 1.18 bits per heavy atom. The van der Waals surface area contributed by atoms with Gasteiger partial charge in [-0.3, -0.25) is 4.79 Å². The summed E-state index contributed by atoms with van der Waals surface area (Å²) in [6, 6.07) is 15.0. The van der Waals surface area contributed by atoms with Gasteiger partial charge in [0.2, 0.25) is 5.95 Å². The maximum Gasteiger partial charge on any atom is 0.262 e. The lowest BCUT2D eigenvalue weighted by Crippen LogP contribution is -2.39. The van der Waals surface area contributed by atoms with Gasteiger partial charge in [-0.2, -0.15) is 5.26 Å². The zero-order chi connectivity index (χ0) is 23.4. The molecule has 1 amide bonds. The summed E-state index contributed by atoms with van der Waals surface area (Å²) in [5, 5.41) is 9.29. The number of anilines is 2. The molecule has 4 rings (SSSR count). The average Bonchev–Trinajstić information content (AvgIpc) is 2.84. The predicted octanol–water partition coefficient (Wildman–Crippen LogP) is 4.05. The van der Waals surface area contributed by atoms with E-state index in [1.807, 2.05) is 18.7 Å². The first-order chi connectivity index (χ1) is 16.0. The number of halogens is 1. The van der Waals surface area contributed by atoms with Gasteiger partial charge < -0.3 is 14.5 Å². The number of amides is 1. The van der Waals surface area contributed by atoms with Crippen molar-refractivity contribution in [1.82, 2.24) is 9.97 Å². The third-order valence-corrected chi connectivity index (χ3v) is 5.42. The van der Waals surface area contributed by atoms with E-state index in [-0.39, 0.29) is 28.8 Å². The number of rotatable bonds is 5. The highest BCUT2D eigenvalue weighted by Gasteiger charge is 2.27. The summed E-state index contributed by atoms with van der Waals surface area (Å²) in [5.74, 6) is -0.414. The third-order valence-electron chi connectivity index (χ3n) is 5.42. The van der Waals surface area contributed by atoms with Gasteiger partial charge in [0.1, 0.15) is 5.82 Å². The zero-order valence-corrected chi connectivity index (χ0v) is 18.5. The van der Waals surface area contributed by atoms with E-state index < -0.39 is 5.82 Å². The molecule has 3 aromatic rings. The molecule has 1 aliphatic rings. The van der Waals surface area contributed by atoms with Gasteiger partial charge in [-0.15, -0.1) is 0 Å². The highest BCUT2D eigenvalue weighted by molar-refractivity contribution is 6.10. The molecule has 168 valence electrons. The molecule has 0 radical (unpaired) electrons. The fourth-order valence-electron chi connectivity index (χ4n) is 3.81. The van der Waals surface area contributed by atoms with Crippen molar-refractivity contribution in [1.29, 1.82) is 5.26 Å². The van der Waals surface area contributed by atoms with Crippen LogP contribution in [0.4, 0.5) is 16.0 Å². The predicted molar refractivity (Wildman–Crippen MR) is 124 cm³/mol. The minimum Gasteiger partial charge on any atom is -0.378 e. The monoisotopic (exact) mass is 445 g/mol. The first-order valence-electron chi connectivity index (χ1n) is 10.8. The average molecular weight is 445 g/mol.